The van der Waals surface area contributed by atoms with Crippen LogP contribution < -0.4 is 5.32 Å². The van der Waals surface area contributed by atoms with Crippen molar-refractivity contribution in [2.75, 3.05) is 7.11 Å². The van der Waals surface area contributed by atoms with Gasteiger partial charge < -0.3 is 4.74 Å². The molecule has 2 aromatic rings. The molecule has 0 fully saturated rings. The second-order valence-corrected chi connectivity index (χ2v) is 5.32. The van der Waals surface area contributed by atoms with Crippen LogP contribution in [0.4, 0.5) is 0 Å². The highest BCUT2D eigenvalue weighted by Gasteiger charge is 2.28. The molecule has 0 bridgehead atoms. The summed E-state index contributed by atoms with van der Waals surface area (Å²) in [6.45, 7) is 0. The summed E-state index contributed by atoms with van der Waals surface area (Å²) in [7, 11) is 1.43. The van der Waals surface area contributed by atoms with Crippen molar-refractivity contribution in [3.8, 4) is 0 Å². The molecule has 0 amide bonds. The van der Waals surface area contributed by atoms with Crippen LogP contribution in [-0.4, -0.2) is 13.1 Å². The van der Waals surface area contributed by atoms with Crippen molar-refractivity contribution in [2.45, 2.75) is 24.9 Å². The zero-order chi connectivity index (χ0) is 14.7. The average molecular weight is 281 g/mol. The number of nitrogens with one attached hydrogen (secondary N) is 1. The Labute approximate surface area is 124 Å². The monoisotopic (exact) mass is 281 g/mol. The van der Waals surface area contributed by atoms with Crippen LogP contribution in [-0.2, 0) is 16.0 Å². The lowest BCUT2D eigenvalue weighted by Crippen LogP contribution is -2.32. The molecule has 1 aliphatic carbocycles. The Kier molecular flexibility index (Phi) is 4.02. The molecule has 3 rings (SSSR count). The summed E-state index contributed by atoms with van der Waals surface area (Å²) in [5.41, 5.74) is 3.60. The quantitative estimate of drug-likeness (QED) is 0.875. The van der Waals surface area contributed by atoms with Gasteiger partial charge in [0.1, 0.15) is 6.04 Å². The molecule has 0 radical (unpaired) electrons. The third kappa shape index (κ3) is 2.83. The fourth-order valence-corrected chi connectivity index (χ4v) is 3.00. The minimum absolute atomic E-state index is 0.200. The summed E-state index contributed by atoms with van der Waals surface area (Å²) in [4.78, 5) is 12.1. The lowest BCUT2D eigenvalue weighted by molar-refractivity contribution is -0.143. The highest BCUT2D eigenvalue weighted by atomic mass is 16.5. The Morgan fingerprint density at radius 1 is 1.14 bits per heavy atom. The summed E-state index contributed by atoms with van der Waals surface area (Å²) in [6.07, 6.45) is 2.07. The normalized spacial score (nSPS) is 18.0. The van der Waals surface area contributed by atoms with Crippen molar-refractivity contribution in [1.29, 1.82) is 0 Å². The third-order valence-electron chi connectivity index (χ3n) is 4.07. The molecule has 2 aromatic carbocycles. The summed E-state index contributed by atoms with van der Waals surface area (Å²) in [5, 5.41) is 3.46. The number of aryl methyl sites for hydroxylation is 1. The number of carbonyl (C=O) groups is 1. The molecule has 108 valence electrons. The highest BCUT2D eigenvalue weighted by molar-refractivity contribution is 5.77. The predicted octanol–water partition coefficient (Wildman–Crippen LogP) is 3.18. The summed E-state index contributed by atoms with van der Waals surface area (Å²) in [6, 6.07) is 17.9. The molecular formula is C18H19NO2. The minimum Gasteiger partial charge on any atom is -0.468 e. The van der Waals surface area contributed by atoms with E-state index in [1.54, 1.807) is 0 Å². The van der Waals surface area contributed by atoms with E-state index in [2.05, 4.69) is 29.6 Å². The summed E-state index contributed by atoms with van der Waals surface area (Å²) in [5.74, 6) is -0.245. The van der Waals surface area contributed by atoms with Crippen molar-refractivity contribution >= 4 is 5.97 Å². The Hall–Kier alpha value is -2.13. The summed E-state index contributed by atoms with van der Waals surface area (Å²) >= 11 is 0. The van der Waals surface area contributed by atoms with Crippen LogP contribution in [0.15, 0.2) is 54.6 Å². The van der Waals surface area contributed by atoms with Gasteiger partial charge in [0.15, 0.2) is 0 Å². The number of rotatable bonds is 4. The maximum atomic E-state index is 12.1. The Balaban J connectivity index is 1.85. The van der Waals surface area contributed by atoms with Gasteiger partial charge in [-0.05, 0) is 29.5 Å². The minimum atomic E-state index is -0.424. The predicted molar refractivity (Wildman–Crippen MR) is 81.8 cm³/mol. The largest absolute Gasteiger partial charge is 0.468 e. The van der Waals surface area contributed by atoms with E-state index in [9.17, 15) is 4.79 Å². The summed E-state index contributed by atoms with van der Waals surface area (Å²) < 4.78 is 4.96. The van der Waals surface area contributed by atoms with Crippen LogP contribution in [0.2, 0.25) is 0 Å². The molecule has 0 saturated heterocycles. The van der Waals surface area contributed by atoms with E-state index in [0.29, 0.717) is 0 Å². The van der Waals surface area contributed by atoms with Gasteiger partial charge in [0.25, 0.3) is 0 Å². The first-order chi connectivity index (χ1) is 10.3. The van der Waals surface area contributed by atoms with Crippen molar-refractivity contribution in [1.82, 2.24) is 5.32 Å². The van der Waals surface area contributed by atoms with Gasteiger partial charge in [0.05, 0.1) is 7.11 Å². The van der Waals surface area contributed by atoms with E-state index in [1.165, 1.54) is 18.2 Å². The molecule has 21 heavy (non-hydrogen) atoms. The highest BCUT2D eigenvalue weighted by Crippen LogP contribution is 2.33. The fraction of sp³-hybridized carbons (Fsp3) is 0.278. The first-order valence-corrected chi connectivity index (χ1v) is 7.26. The molecule has 0 heterocycles. The number of benzene rings is 2. The van der Waals surface area contributed by atoms with Crippen molar-refractivity contribution in [3.63, 3.8) is 0 Å². The van der Waals surface area contributed by atoms with Crippen LogP contribution >= 0.6 is 0 Å². The van der Waals surface area contributed by atoms with E-state index >= 15 is 0 Å². The molecule has 2 atom stereocenters. The second kappa shape index (κ2) is 6.10. The number of fused-ring (bicyclic) bond motifs is 1. The van der Waals surface area contributed by atoms with E-state index in [-0.39, 0.29) is 12.0 Å². The Bertz CT molecular complexity index is 624. The van der Waals surface area contributed by atoms with E-state index < -0.39 is 6.04 Å². The topological polar surface area (TPSA) is 38.3 Å². The third-order valence-corrected chi connectivity index (χ3v) is 4.07. The molecule has 2 unspecified atom stereocenters. The van der Waals surface area contributed by atoms with Gasteiger partial charge in [0, 0.05) is 6.04 Å². The number of carbonyl (C=O) groups excluding carboxylic acids is 1. The molecule has 0 aliphatic heterocycles. The van der Waals surface area contributed by atoms with Crippen LogP contribution in [0.5, 0.6) is 0 Å². The first-order valence-electron chi connectivity index (χ1n) is 7.26. The van der Waals surface area contributed by atoms with Crippen molar-refractivity contribution in [2.24, 2.45) is 0 Å². The molecule has 0 saturated carbocycles. The lowest BCUT2D eigenvalue weighted by atomic mass is 10.0. The van der Waals surface area contributed by atoms with Gasteiger partial charge in [-0.3, -0.25) is 5.32 Å². The zero-order valence-electron chi connectivity index (χ0n) is 12.1. The number of ether oxygens (including phenoxy) is 1. The SMILES string of the molecule is COC(=O)C(NC1CCc2ccccc21)c1ccccc1. The molecule has 0 spiro atoms. The Morgan fingerprint density at radius 3 is 2.62 bits per heavy atom. The van der Waals surface area contributed by atoms with Crippen LogP contribution in [0.3, 0.4) is 0 Å². The fourth-order valence-electron chi connectivity index (χ4n) is 3.00. The molecule has 1 N–H and O–H groups in total. The van der Waals surface area contributed by atoms with Gasteiger partial charge in [-0.2, -0.15) is 0 Å². The molecule has 0 aromatic heterocycles. The maximum Gasteiger partial charge on any atom is 0.327 e. The second-order valence-electron chi connectivity index (χ2n) is 5.32. The lowest BCUT2D eigenvalue weighted by Gasteiger charge is -2.22. The van der Waals surface area contributed by atoms with E-state index in [4.69, 9.17) is 4.74 Å². The number of hydrogen-bond acceptors (Lipinski definition) is 3. The number of esters is 1. The molecule has 3 nitrogen and oxygen atoms in total. The van der Waals surface area contributed by atoms with E-state index in [0.717, 1.165) is 18.4 Å². The van der Waals surface area contributed by atoms with Crippen LogP contribution in [0, 0.1) is 0 Å². The van der Waals surface area contributed by atoms with Crippen LogP contribution in [0.1, 0.15) is 35.2 Å². The van der Waals surface area contributed by atoms with Gasteiger partial charge in [-0.15, -0.1) is 0 Å². The van der Waals surface area contributed by atoms with Gasteiger partial charge in [-0.1, -0.05) is 54.6 Å². The Morgan fingerprint density at radius 2 is 1.86 bits per heavy atom. The average Bonchev–Trinajstić information content (AvgIpc) is 2.96. The standard InChI is InChI=1S/C18H19NO2/c1-21-18(20)17(14-8-3-2-4-9-14)19-16-12-11-13-7-5-6-10-15(13)16/h2-10,16-17,19H,11-12H2,1H3. The van der Waals surface area contributed by atoms with Crippen LogP contribution in [0.25, 0.3) is 0 Å². The zero-order valence-corrected chi connectivity index (χ0v) is 12.1. The van der Waals surface area contributed by atoms with Gasteiger partial charge in [0.2, 0.25) is 0 Å². The van der Waals surface area contributed by atoms with Crippen molar-refractivity contribution in [3.05, 3.63) is 71.3 Å². The first kappa shape index (κ1) is 13.8. The van der Waals surface area contributed by atoms with E-state index in [1.807, 2.05) is 30.3 Å². The van der Waals surface area contributed by atoms with Crippen molar-refractivity contribution < 1.29 is 9.53 Å². The van der Waals surface area contributed by atoms with Gasteiger partial charge >= 0.3 is 5.97 Å². The molecule has 3 heteroatoms. The smallest absolute Gasteiger partial charge is 0.327 e. The number of hydrogen-bond donors (Lipinski definition) is 1. The number of methoxy groups -OCH3 is 1. The van der Waals surface area contributed by atoms with Gasteiger partial charge in [-0.25, -0.2) is 4.79 Å². The molecule has 1 aliphatic rings. The molecular weight excluding hydrogens is 262 g/mol. The maximum absolute atomic E-state index is 12.1.